The summed E-state index contributed by atoms with van der Waals surface area (Å²) in [6, 6.07) is 6.03. The van der Waals surface area contributed by atoms with Crippen molar-refractivity contribution in [2.75, 3.05) is 19.6 Å². The molecule has 2 heterocycles. The third-order valence-corrected chi connectivity index (χ3v) is 5.67. The summed E-state index contributed by atoms with van der Waals surface area (Å²) in [5.74, 6) is 0.410. The fourth-order valence-corrected chi connectivity index (χ4v) is 3.69. The van der Waals surface area contributed by atoms with Crippen LogP contribution in [0.5, 0.6) is 0 Å². The van der Waals surface area contributed by atoms with Crippen molar-refractivity contribution in [2.24, 2.45) is 5.92 Å². The van der Waals surface area contributed by atoms with E-state index in [1.807, 2.05) is 0 Å². The Morgan fingerprint density at radius 2 is 2.21 bits per heavy atom. The molecule has 0 saturated carbocycles. The van der Waals surface area contributed by atoms with Gasteiger partial charge in [-0.05, 0) is 45.2 Å². The fourth-order valence-electron chi connectivity index (χ4n) is 3.69. The first kappa shape index (κ1) is 20.9. The van der Waals surface area contributed by atoms with Gasteiger partial charge in [-0.2, -0.15) is 0 Å². The second kappa shape index (κ2) is 8.69. The summed E-state index contributed by atoms with van der Waals surface area (Å²) in [5, 5.41) is 21.8. The normalized spacial score (nSPS) is 17.8. The van der Waals surface area contributed by atoms with E-state index >= 15 is 0 Å². The lowest BCUT2D eigenvalue weighted by atomic mass is 9.91. The third-order valence-electron chi connectivity index (χ3n) is 5.67. The Hall–Kier alpha value is -2.81. The molecule has 3 rings (SSSR count). The van der Waals surface area contributed by atoms with Crippen molar-refractivity contribution >= 4 is 11.6 Å². The Kier molecular flexibility index (Phi) is 6.26. The van der Waals surface area contributed by atoms with E-state index in [9.17, 15) is 14.9 Å². The van der Waals surface area contributed by atoms with Crippen molar-refractivity contribution in [1.82, 2.24) is 25.2 Å². The standard InChI is InChI=1S/C20H28N6O3/c1-4-15-7-6-10-24(12-15)20(2,3)14-21-19(27)18-13-25(23-22-18)16-8-5-9-17(11-16)26(28)29/h5,8-9,11,13,15H,4,6-7,10,12,14H2,1-3H3,(H,21,27). The molecule has 2 aromatic rings. The Morgan fingerprint density at radius 1 is 1.41 bits per heavy atom. The molecule has 1 fully saturated rings. The molecule has 0 spiro atoms. The molecule has 9 heteroatoms. The Bertz CT molecular complexity index is 879. The first-order valence-electron chi connectivity index (χ1n) is 10.0. The topological polar surface area (TPSA) is 106 Å². The van der Waals surface area contributed by atoms with Crippen LogP contribution < -0.4 is 5.32 Å². The van der Waals surface area contributed by atoms with Crippen molar-refractivity contribution < 1.29 is 9.72 Å². The van der Waals surface area contributed by atoms with Gasteiger partial charge in [-0.15, -0.1) is 5.10 Å². The molecule has 0 aliphatic carbocycles. The van der Waals surface area contributed by atoms with Crippen LogP contribution in [-0.4, -0.2) is 55.9 Å². The van der Waals surface area contributed by atoms with Crippen LogP contribution in [-0.2, 0) is 0 Å². The number of likely N-dealkylation sites (tertiary alicyclic amines) is 1. The van der Waals surface area contributed by atoms with Crippen LogP contribution in [0.3, 0.4) is 0 Å². The van der Waals surface area contributed by atoms with Crippen molar-refractivity contribution in [2.45, 2.75) is 45.6 Å². The highest BCUT2D eigenvalue weighted by Gasteiger charge is 2.31. The molecule has 1 aliphatic heterocycles. The molecule has 9 nitrogen and oxygen atoms in total. The predicted octanol–water partition coefficient (Wildman–Crippen LogP) is 2.81. The van der Waals surface area contributed by atoms with Crippen molar-refractivity contribution in [3.63, 3.8) is 0 Å². The second-order valence-corrected chi connectivity index (χ2v) is 8.18. The minimum absolute atomic E-state index is 0.0438. The van der Waals surface area contributed by atoms with E-state index in [2.05, 4.69) is 41.3 Å². The number of carbonyl (C=O) groups excluding carboxylic acids is 1. The first-order chi connectivity index (χ1) is 13.8. The molecular formula is C20H28N6O3. The van der Waals surface area contributed by atoms with E-state index in [1.54, 1.807) is 12.1 Å². The molecule has 29 heavy (non-hydrogen) atoms. The monoisotopic (exact) mass is 400 g/mol. The number of aromatic nitrogens is 3. The van der Waals surface area contributed by atoms with Gasteiger partial charge in [-0.3, -0.25) is 19.8 Å². The third kappa shape index (κ3) is 4.97. The fraction of sp³-hybridized carbons (Fsp3) is 0.550. The predicted molar refractivity (Wildman–Crippen MR) is 109 cm³/mol. The number of nitro benzene ring substituents is 1. The Labute approximate surface area is 170 Å². The lowest BCUT2D eigenvalue weighted by Crippen LogP contribution is -2.54. The number of hydrogen-bond acceptors (Lipinski definition) is 6. The van der Waals surface area contributed by atoms with Gasteiger partial charge in [-0.1, -0.05) is 24.6 Å². The quantitative estimate of drug-likeness (QED) is 0.566. The van der Waals surface area contributed by atoms with E-state index in [0.717, 1.165) is 13.1 Å². The molecule has 0 radical (unpaired) electrons. The molecular weight excluding hydrogens is 372 g/mol. The lowest BCUT2D eigenvalue weighted by Gasteiger charge is -2.43. The number of non-ortho nitro benzene ring substituents is 1. The summed E-state index contributed by atoms with van der Waals surface area (Å²) in [6.07, 6.45) is 5.12. The maximum absolute atomic E-state index is 12.6. The van der Waals surface area contributed by atoms with Gasteiger partial charge in [0, 0.05) is 30.8 Å². The highest BCUT2D eigenvalue weighted by Crippen LogP contribution is 2.25. The van der Waals surface area contributed by atoms with Gasteiger partial charge in [0.25, 0.3) is 11.6 Å². The molecule has 1 aliphatic rings. The molecule has 1 aromatic carbocycles. The average Bonchev–Trinajstić information content (AvgIpc) is 3.22. The van der Waals surface area contributed by atoms with E-state index in [0.29, 0.717) is 18.2 Å². The Morgan fingerprint density at radius 3 is 2.93 bits per heavy atom. The van der Waals surface area contributed by atoms with Gasteiger partial charge in [0.1, 0.15) is 0 Å². The number of carbonyl (C=O) groups is 1. The molecule has 1 aromatic heterocycles. The smallest absolute Gasteiger partial charge is 0.273 e. The summed E-state index contributed by atoms with van der Waals surface area (Å²) < 4.78 is 1.36. The van der Waals surface area contributed by atoms with Crippen LogP contribution in [0.4, 0.5) is 5.69 Å². The highest BCUT2D eigenvalue weighted by molar-refractivity contribution is 5.92. The van der Waals surface area contributed by atoms with Gasteiger partial charge in [0.15, 0.2) is 5.69 Å². The Balaban J connectivity index is 1.63. The first-order valence-corrected chi connectivity index (χ1v) is 10.0. The SMILES string of the molecule is CCC1CCCN(C(C)(C)CNC(=O)c2cn(-c3cccc([N+](=O)[O-])c3)nn2)C1. The number of nitro groups is 1. The largest absolute Gasteiger partial charge is 0.349 e. The van der Waals surface area contributed by atoms with Gasteiger partial charge in [-0.25, -0.2) is 4.68 Å². The molecule has 1 unspecified atom stereocenters. The van der Waals surface area contributed by atoms with Crippen LogP contribution in [0, 0.1) is 16.0 Å². The number of benzene rings is 1. The molecule has 1 atom stereocenters. The summed E-state index contributed by atoms with van der Waals surface area (Å²) >= 11 is 0. The van der Waals surface area contributed by atoms with E-state index in [-0.39, 0.29) is 22.8 Å². The number of rotatable bonds is 7. The minimum Gasteiger partial charge on any atom is -0.349 e. The summed E-state index contributed by atoms with van der Waals surface area (Å²) in [5.41, 5.74) is 0.458. The lowest BCUT2D eigenvalue weighted by molar-refractivity contribution is -0.384. The van der Waals surface area contributed by atoms with Gasteiger partial charge in [0.2, 0.25) is 0 Å². The molecule has 0 bridgehead atoms. The molecule has 1 amide bonds. The number of nitrogens with zero attached hydrogens (tertiary/aromatic N) is 5. The highest BCUT2D eigenvalue weighted by atomic mass is 16.6. The van der Waals surface area contributed by atoms with Gasteiger partial charge >= 0.3 is 0 Å². The van der Waals surface area contributed by atoms with Gasteiger partial charge < -0.3 is 5.32 Å². The van der Waals surface area contributed by atoms with E-state index < -0.39 is 4.92 Å². The van der Waals surface area contributed by atoms with Crippen molar-refractivity contribution in [3.8, 4) is 5.69 Å². The number of hydrogen-bond donors (Lipinski definition) is 1. The zero-order valence-corrected chi connectivity index (χ0v) is 17.2. The molecule has 1 saturated heterocycles. The maximum atomic E-state index is 12.6. The summed E-state index contributed by atoms with van der Waals surface area (Å²) in [7, 11) is 0. The number of nitrogens with one attached hydrogen (secondary N) is 1. The average molecular weight is 400 g/mol. The second-order valence-electron chi connectivity index (χ2n) is 8.18. The van der Waals surface area contributed by atoms with Crippen molar-refractivity contribution in [3.05, 3.63) is 46.3 Å². The van der Waals surface area contributed by atoms with E-state index in [4.69, 9.17) is 0 Å². The molecule has 156 valence electrons. The van der Waals surface area contributed by atoms with Crippen LogP contribution >= 0.6 is 0 Å². The van der Waals surface area contributed by atoms with Gasteiger partial charge in [0.05, 0.1) is 16.8 Å². The van der Waals surface area contributed by atoms with E-state index in [1.165, 1.54) is 42.3 Å². The van der Waals surface area contributed by atoms with Crippen LogP contribution in [0.15, 0.2) is 30.5 Å². The number of amides is 1. The zero-order valence-electron chi connectivity index (χ0n) is 17.2. The minimum atomic E-state index is -0.472. The van der Waals surface area contributed by atoms with Crippen LogP contribution in [0.25, 0.3) is 5.69 Å². The summed E-state index contributed by atoms with van der Waals surface area (Å²) in [4.78, 5) is 25.5. The number of piperidine rings is 1. The van der Waals surface area contributed by atoms with Crippen LogP contribution in [0.1, 0.15) is 50.5 Å². The van der Waals surface area contributed by atoms with Crippen LogP contribution in [0.2, 0.25) is 0 Å². The maximum Gasteiger partial charge on any atom is 0.273 e. The summed E-state index contributed by atoms with van der Waals surface area (Å²) in [6.45, 7) is 9.13. The molecule has 1 N–H and O–H groups in total. The zero-order chi connectivity index (χ0) is 21.0. The van der Waals surface area contributed by atoms with Crippen molar-refractivity contribution in [1.29, 1.82) is 0 Å².